The van der Waals surface area contributed by atoms with Crippen LogP contribution in [0.4, 0.5) is 17.6 Å². The molecule has 0 unspecified atom stereocenters. The number of halogens is 4. The summed E-state index contributed by atoms with van der Waals surface area (Å²) in [5.41, 5.74) is 0.758. The fourth-order valence-electron chi connectivity index (χ4n) is 2.14. The molecular weight excluding hydrogens is 298 g/mol. The molecule has 6 heteroatoms. The van der Waals surface area contributed by atoms with Gasteiger partial charge in [-0.1, -0.05) is 0 Å². The lowest BCUT2D eigenvalue weighted by Gasteiger charge is -2.08. The van der Waals surface area contributed by atoms with E-state index in [1.807, 2.05) is 0 Å². The molecule has 0 aliphatic carbocycles. The van der Waals surface area contributed by atoms with E-state index in [-0.39, 0.29) is 12.4 Å². The van der Waals surface area contributed by atoms with E-state index in [4.69, 9.17) is 4.74 Å². The number of hydrogen-bond donors (Lipinski definition) is 1. The number of nitrogens with one attached hydrogen (secondary N) is 1. The van der Waals surface area contributed by atoms with E-state index in [0.717, 1.165) is 17.6 Å². The second kappa shape index (κ2) is 5.36. The highest BCUT2D eigenvalue weighted by atomic mass is 19.4. The van der Waals surface area contributed by atoms with Crippen LogP contribution in [0.15, 0.2) is 48.5 Å². The lowest BCUT2D eigenvalue weighted by Crippen LogP contribution is -2.04. The van der Waals surface area contributed by atoms with E-state index in [2.05, 4.69) is 4.98 Å². The van der Waals surface area contributed by atoms with E-state index < -0.39 is 11.7 Å². The van der Waals surface area contributed by atoms with Crippen LogP contribution in [-0.2, 0) is 12.8 Å². The van der Waals surface area contributed by atoms with Crippen LogP contribution in [0.1, 0.15) is 11.3 Å². The Hall–Kier alpha value is -2.50. The Labute approximate surface area is 123 Å². The summed E-state index contributed by atoms with van der Waals surface area (Å²) < 4.78 is 55.9. The number of benzene rings is 2. The molecule has 2 nitrogen and oxygen atoms in total. The molecule has 3 aromatic rings. The Morgan fingerprint density at radius 3 is 2.36 bits per heavy atom. The number of aromatic nitrogens is 1. The third-order valence-corrected chi connectivity index (χ3v) is 3.21. The van der Waals surface area contributed by atoms with Crippen molar-refractivity contribution in [1.82, 2.24) is 4.98 Å². The number of ether oxygens (including phenoxy) is 1. The molecule has 0 spiro atoms. The number of rotatable bonds is 3. The van der Waals surface area contributed by atoms with Gasteiger partial charge in [-0.05, 0) is 48.5 Å². The lowest BCUT2D eigenvalue weighted by atomic mass is 10.2. The predicted molar refractivity (Wildman–Crippen MR) is 74.0 cm³/mol. The van der Waals surface area contributed by atoms with Gasteiger partial charge in [0.05, 0.1) is 11.3 Å². The van der Waals surface area contributed by atoms with Gasteiger partial charge in [0.2, 0.25) is 0 Å². The molecule has 0 radical (unpaired) electrons. The van der Waals surface area contributed by atoms with Crippen molar-refractivity contribution in [3.63, 3.8) is 0 Å². The van der Waals surface area contributed by atoms with E-state index in [1.165, 1.54) is 24.3 Å². The molecule has 0 aliphatic rings. The van der Waals surface area contributed by atoms with Crippen LogP contribution in [0, 0.1) is 5.82 Å². The smallest absolute Gasteiger partial charge is 0.416 e. The lowest BCUT2D eigenvalue weighted by molar-refractivity contribution is -0.137. The molecule has 3 rings (SSSR count). The molecule has 0 saturated carbocycles. The Morgan fingerprint density at radius 2 is 1.68 bits per heavy atom. The van der Waals surface area contributed by atoms with Crippen molar-refractivity contribution in [3.8, 4) is 5.75 Å². The highest BCUT2D eigenvalue weighted by Crippen LogP contribution is 2.30. The van der Waals surface area contributed by atoms with Crippen LogP contribution in [0.3, 0.4) is 0 Å². The van der Waals surface area contributed by atoms with Crippen molar-refractivity contribution in [2.45, 2.75) is 12.8 Å². The normalized spacial score (nSPS) is 11.8. The summed E-state index contributed by atoms with van der Waals surface area (Å²) in [4.78, 5) is 3.06. The maximum absolute atomic E-state index is 13.1. The van der Waals surface area contributed by atoms with Gasteiger partial charge in [-0.3, -0.25) is 0 Å². The van der Waals surface area contributed by atoms with Crippen LogP contribution in [0.5, 0.6) is 5.75 Å². The fraction of sp³-hybridized carbons (Fsp3) is 0.125. The van der Waals surface area contributed by atoms with E-state index in [0.29, 0.717) is 16.8 Å². The first-order valence-electron chi connectivity index (χ1n) is 6.49. The zero-order chi connectivity index (χ0) is 15.7. The van der Waals surface area contributed by atoms with Gasteiger partial charge in [-0.2, -0.15) is 13.2 Å². The van der Waals surface area contributed by atoms with Crippen molar-refractivity contribution in [2.75, 3.05) is 0 Å². The van der Waals surface area contributed by atoms with Crippen LogP contribution >= 0.6 is 0 Å². The van der Waals surface area contributed by atoms with Gasteiger partial charge >= 0.3 is 6.18 Å². The van der Waals surface area contributed by atoms with Gasteiger partial charge in [0.15, 0.2) is 0 Å². The number of aromatic amines is 1. The topological polar surface area (TPSA) is 25.0 Å². The first-order chi connectivity index (χ1) is 10.4. The first-order valence-corrected chi connectivity index (χ1v) is 6.49. The molecule has 1 N–H and O–H groups in total. The highest BCUT2D eigenvalue weighted by Gasteiger charge is 2.29. The molecule has 1 heterocycles. The second-order valence-electron chi connectivity index (χ2n) is 4.84. The summed E-state index contributed by atoms with van der Waals surface area (Å²) in [6.07, 6.45) is -4.36. The molecule has 1 aromatic heterocycles. The van der Waals surface area contributed by atoms with Gasteiger partial charge in [0, 0.05) is 10.9 Å². The minimum absolute atomic E-state index is 0.154. The SMILES string of the molecule is Fc1ccc2[nH]c(COc3ccc(C(F)(F)F)cc3)cc2c1. The number of alkyl halides is 3. The minimum atomic E-state index is -4.36. The van der Waals surface area contributed by atoms with Crippen molar-refractivity contribution in [1.29, 1.82) is 0 Å². The Morgan fingerprint density at radius 1 is 0.955 bits per heavy atom. The number of H-pyrrole nitrogens is 1. The van der Waals surface area contributed by atoms with Gasteiger partial charge in [-0.25, -0.2) is 4.39 Å². The third-order valence-electron chi connectivity index (χ3n) is 3.21. The predicted octanol–water partition coefficient (Wildman–Crippen LogP) is 4.90. The summed E-state index contributed by atoms with van der Waals surface area (Å²) in [6, 6.07) is 10.6. The summed E-state index contributed by atoms with van der Waals surface area (Å²) in [6.45, 7) is 0.154. The highest BCUT2D eigenvalue weighted by molar-refractivity contribution is 5.80. The van der Waals surface area contributed by atoms with Crippen molar-refractivity contribution >= 4 is 10.9 Å². The van der Waals surface area contributed by atoms with E-state index in [9.17, 15) is 17.6 Å². The Kier molecular flexibility index (Phi) is 3.52. The van der Waals surface area contributed by atoms with E-state index in [1.54, 1.807) is 12.1 Å². The van der Waals surface area contributed by atoms with Gasteiger partial charge in [0.25, 0.3) is 0 Å². The van der Waals surface area contributed by atoms with Crippen LogP contribution in [0.25, 0.3) is 10.9 Å². The first kappa shape index (κ1) is 14.4. The average Bonchev–Trinajstić information content (AvgIpc) is 2.86. The Balaban J connectivity index is 1.71. The summed E-state index contributed by atoms with van der Waals surface area (Å²) in [5.74, 6) is -0.000422. The quantitative estimate of drug-likeness (QED) is 0.684. The third kappa shape index (κ3) is 3.05. The van der Waals surface area contributed by atoms with Crippen molar-refractivity contribution in [2.24, 2.45) is 0 Å². The molecule has 114 valence electrons. The molecule has 0 bridgehead atoms. The molecule has 2 aromatic carbocycles. The standard InChI is InChI=1S/C16H11F4NO/c17-12-3-6-15-10(7-12)8-13(21-15)9-22-14-4-1-11(2-5-14)16(18,19)20/h1-8,21H,9H2. The molecule has 0 fully saturated rings. The maximum atomic E-state index is 13.1. The van der Waals surface area contributed by atoms with Gasteiger partial charge in [0.1, 0.15) is 18.2 Å². The molecule has 0 atom stereocenters. The number of fused-ring (bicyclic) bond motifs is 1. The molecular formula is C16H11F4NO. The maximum Gasteiger partial charge on any atom is 0.416 e. The minimum Gasteiger partial charge on any atom is -0.487 e. The molecule has 0 amide bonds. The summed E-state index contributed by atoms with van der Waals surface area (Å²) in [5, 5.41) is 0.714. The van der Waals surface area contributed by atoms with Crippen LogP contribution < -0.4 is 4.74 Å². The Bertz CT molecular complexity index is 790. The largest absolute Gasteiger partial charge is 0.487 e. The monoisotopic (exact) mass is 309 g/mol. The zero-order valence-corrected chi connectivity index (χ0v) is 11.2. The average molecular weight is 309 g/mol. The molecule has 22 heavy (non-hydrogen) atoms. The second-order valence-corrected chi connectivity index (χ2v) is 4.84. The van der Waals surface area contributed by atoms with Gasteiger partial charge < -0.3 is 9.72 Å². The van der Waals surface area contributed by atoms with Gasteiger partial charge in [-0.15, -0.1) is 0 Å². The molecule has 0 saturated heterocycles. The van der Waals surface area contributed by atoms with Crippen molar-refractivity contribution in [3.05, 3.63) is 65.6 Å². The zero-order valence-electron chi connectivity index (χ0n) is 11.2. The van der Waals surface area contributed by atoms with Crippen molar-refractivity contribution < 1.29 is 22.3 Å². The van der Waals surface area contributed by atoms with Crippen LogP contribution in [0.2, 0.25) is 0 Å². The summed E-state index contributed by atoms with van der Waals surface area (Å²) >= 11 is 0. The van der Waals surface area contributed by atoms with E-state index >= 15 is 0 Å². The van der Waals surface area contributed by atoms with Crippen LogP contribution in [-0.4, -0.2) is 4.98 Å². The fourth-order valence-corrected chi connectivity index (χ4v) is 2.14. The summed E-state index contributed by atoms with van der Waals surface area (Å²) in [7, 11) is 0. The molecule has 0 aliphatic heterocycles. The number of hydrogen-bond acceptors (Lipinski definition) is 1.